The van der Waals surface area contributed by atoms with Crippen LogP contribution < -0.4 is 4.74 Å². The zero-order valence-corrected chi connectivity index (χ0v) is 12.2. The lowest BCUT2D eigenvalue weighted by Crippen LogP contribution is -2.08. The van der Waals surface area contributed by atoms with E-state index < -0.39 is 10.7 Å². The van der Waals surface area contributed by atoms with E-state index in [9.17, 15) is 19.3 Å². The van der Waals surface area contributed by atoms with Gasteiger partial charge in [0.2, 0.25) is 0 Å². The van der Waals surface area contributed by atoms with E-state index in [1.165, 1.54) is 43.3 Å². The molecule has 0 unspecified atom stereocenters. The molecule has 116 valence electrons. The van der Waals surface area contributed by atoms with Gasteiger partial charge in [-0.3, -0.25) is 14.9 Å². The molecule has 0 aromatic heterocycles. The molecule has 0 atom stereocenters. The second-order valence-corrected chi connectivity index (χ2v) is 4.69. The van der Waals surface area contributed by atoms with Crippen molar-refractivity contribution in [3.8, 4) is 17.6 Å². The van der Waals surface area contributed by atoms with Crippen molar-refractivity contribution in [2.24, 2.45) is 0 Å². The number of carbonyl (C=O) groups excluding carboxylic acids is 1. The maximum Gasteiger partial charge on any atom is 0.312 e. The van der Waals surface area contributed by atoms with Crippen LogP contribution >= 0.6 is 0 Å². The molecule has 6 heteroatoms. The number of hydrogen-bond acceptors (Lipinski definition) is 4. The lowest BCUT2D eigenvalue weighted by molar-refractivity contribution is -0.385. The molecule has 2 rings (SSSR count). The largest absolute Gasteiger partial charge is 0.479 e. The maximum absolute atomic E-state index is 13.1. The number of benzene rings is 2. The molecule has 23 heavy (non-hydrogen) atoms. The van der Waals surface area contributed by atoms with E-state index in [0.717, 1.165) is 0 Å². The lowest BCUT2D eigenvalue weighted by Gasteiger charge is -2.04. The van der Waals surface area contributed by atoms with Crippen molar-refractivity contribution in [1.29, 1.82) is 0 Å². The first-order valence-corrected chi connectivity index (χ1v) is 6.64. The second-order valence-electron chi connectivity index (χ2n) is 4.69. The van der Waals surface area contributed by atoms with Crippen molar-refractivity contribution in [2.75, 3.05) is 6.61 Å². The summed E-state index contributed by atoms with van der Waals surface area (Å²) in [6, 6.07) is 9.91. The van der Waals surface area contributed by atoms with Crippen molar-refractivity contribution < 1.29 is 18.8 Å². The molecule has 0 heterocycles. The van der Waals surface area contributed by atoms with Crippen LogP contribution in [0.5, 0.6) is 5.75 Å². The number of ether oxygens (including phenoxy) is 1. The number of carbonyl (C=O) groups is 1. The monoisotopic (exact) mass is 313 g/mol. The lowest BCUT2D eigenvalue weighted by atomic mass is 10.1. The molecular formula is C17H12FNO4. The SMILES string of the molecule is CC(=O)COc1ccc(C#Cc2cccc(F)c2)cc1[N+](=O)[O-]. The molecule has 0 amide bonds. The van der Waals surface area contributed by atoms with Crippen molar-refractivity contribution in [1.82, 2.24) is 0 Å². The summed E-state index contributed by atoms with van der Waals surface area (Å²) >= 11 is 0. The number of nitro benzene ring substituents is 1. The Labute approximate surface area is 131 Å². The number of nitrogens with zero attached hydrogens (tertiary/aromatic N) is 1. The van der Waals surface area contributed by atoms with Crippen molar-refractivity contribution in [3.63, 3.8) is 0 Å². The predicted molar refractivity (Wildman–Crippen MR) is 81.7 cm³/mol. The molecule has 0 aliphatic heterocycles. The van der Waals surface area contributed by atoms with Crippen LogP contribution in [-0.2, 0) is 4.79 Å². The fraction of sp³-hybridized carbons (Fsp3) is 0.118. The zero-order valence-electron chi connectivity index (χ0n) is 12.2. The van der Waals surface area contributed by atoms with Gasteiger partial charge in [-0.25, -0.2) is 4.39 Å². The molecule has 0 saturated carbocycles. The van der Waals surface area contributed by atoms with Gasteiger partial charge in [0, 0.05) is 17.2 Å². The van der Waals surface area contributed by atoms with E-state index in [2.05, 4.69) is 11.8 Å². The highest BCUT2D eigenvalue weighted by Gasteiger charge is 2.16. The van der Waals surface area contributed by atoms with E-state index in [4.69, 9.17) is 4.74 Å². The third-order valence-corrected chi connectivity index (χ3v) is 2.76. The van der Waals surface area contributed by atoms with Gasteiger partial charge in [0.25, 0.3) is 0 Å². The first kappa shape index (κ1) is 16.2. The van der Waals surface area contributed by atoms with Gasteiger partial charge in [-0.15, -0.1) is 0 Å². The number of rotatable bonds is 4. The van der Waals surface area contributed by atoms with E-state index in [1.54, 1.807) is 6.07 Å². The van der Waals surface area contributed by atoms with Gasteiger partial charge in [-0.1, -0.05) is 17.9 Å². The van der Waals surface area contributed by atoms with Crippen LogP contribution in [0.15, 0.2) is 42.5 Å². The minimum atomic E-state index is -0.608. The zero-order chi connectivity index (χ0) is 16.8. The number of ketones is 1. The Hall–Kier alpha value is -3.20. The molecule has 0 saturated heterocycles. The summed E-state index contributed by atoms with van der Waals surface area (Å²) in [7, 11) is 0. The highest BCUT2D eigenvalue weighted by molar-refractivity contribution is 5.77. The number of nitro groups is 1. The van der Waals surface area contributed by atoms with Crippen LogP contribution in [0.4, 0.5) is 10.1 Å². The standard InChI is InChI=1S/C17H12FNO4/c1-12(20)11-23-17-8-7-14(10-16(17)19(21)22)6-5-13-3-2-4-15(18)9-13/h2-4,7-10H,11H2,1H3. The minimum absolute atomic E-state index is 0.00139. The Kier molecular flexibility index (Phi) is 5.05. The first-order chi connectivity index (χ1) is 11.0. The van der Waals surface area contributed by atoms with Crippen molar-refractivity contribution >= 4 is 11.5 Å². The quantitative estimate of drug-likeness (QED) is 0.494. The molecule has 5 nitrogen and oxygen atoms in total. The van der Waals surface area contributed by atoms with Gasteiger partial charge < -0.3 is 4.74 Å². The van der Waals surface area contributed by atoms with Crippen LogP contribution in [-0.4, -0.2) is 17.3 Å². The second kappa shape index (κ2) is 7.18. The molecule has 0 aliphatic rings. The first-order valence-electron chi connectivity index (χ1n) is 6.64. The fourth-order valence-corrected chi connectivity index (χ4v) is 1.75. The maximum atomic E-state index is 13.1. The Morgan fingerprint density at radius 2 is 1.91 bits per heavy atom. The van der Waals surface area contributed by atoms with Gasteiger partial charge in [-0.2, -0.15) is 0 Å². The third kappa shape index (κ3) is 4.64. The molecule has 2 aromatic carbocycles. The third-order valence-electron chi connectivity index (χ3n) is 2.76. The Balaban J connectivity index is 2.29. The summed E-state index contributed by atoms with van der Waals surface area (Å²) < 4.78 is 18.2. The average molecular weight is 313 g/mol. The van der Waals surface area contributed by atoms with Crippen LogP contribution in [0.2, 0.25) is 0 Å². The summed E-state index contributed by atoms with van der Waals surface area (Å²) in [4.78, 5) is 21.4. The van der Waals surface area contributed by atoms with Crippen molar-refractivity contribution in [3.05, 3.63) is 69.5 Å². The predicted octanol–water partition coefficient (Wildman–Crippen LogP) is 3.10. The molecule has 2 aromatic rings. The highest BCUT2D eigenvalue weighted by Crippen LogP contribution is 2.27. The van der Waals surface area contributed by atoms with Gasteiger partial charge in [0.1, 0.15) is 12.4 Å². The summed E-state index contributed by atoms with van der Waals surface area (Å²) in [6.07, 6.45) is 0. The number of halogens is 1. The number of hydrogen-bond donors (Lipinski definition) is 0. The van der Waals surface area contributed by atoms with Gasteiger partial charge in [0.05, 0.1) is 4.92 Å². The summed E-state index contributed by atoms with van der Waals surface area (Å²) in [6.45, 7) is 1.08. The minimum Gasteiger partial charge on any atom is -0.479 e. The van der Waals surface area contributed by atoms with Gasteiger partial charge >= 0.3 is 5.69 Å². The van der Waals surface area contributed by atoms with E-state index in [0.29, 0.717) is 11.1 Å². The Morgan fingerprint density at radius 3 is 2.52 bits per heavy atom. The van der Waals surface area contributed by atoms with Gasteiger partial charge in [0.15, 0.2) is 11.5 Å². The summed E-state index contributed by atoms with van der Waals surface area (Å²) in [5.41, 5.74) is 0.568. The summed E-state index contributed by atoms with van der Waals surface area (Å²) in [5.74, 6) is 4.82. The Morgan fingerprint density at radius 1 is 1.22 bits per heavy atom. The normalized spacial score (nSPS) is 9.65. The molecule has 0 radical (unpaired) electrons. The molecule has 0 spiro atoms. The highest BCUT2D eigenvalue weighted by atomic mass is 19.1. The molecular weight excluding hydrogens is 301 g/mol. The molecule has 0 aliphatic carbocycles. The molecule has 0 fully saturated rings. The van der Waals surface area contributed by atoms with E-state index >= 15 is 0 Å². The van der Waals surface area contributed by atoms with Crippen LogP contribution in [0.25, 0.3) is 0 Å². The average Bonchev–Trinajstić information content (AvgIpc) is 2.51. The fourth-order valence-electron chi connectivity index (χ4n) is 1.75. The van der Waals surface area contributed by atoms with Crippen LogP contribution in [0, 0.1) is 27.8 Å². The van der Waals surface area contributed by atoms with Crippen molar-refractivity contribution in [2.45, 2.75) is 6.92 Å². The topological polar surface area (TPSA) is 69.4 Å². The molecule has 0 bridgehead atoms. The van der Waals surface area contributed by atoms with Crippen LogP contribution in [0.1, 0.15) is 18.1 Å². The Bertz CT molecular complexity index is 821. The van der Waals surface area contributed by atoms with E-state index in [-0.39, 0.29) is 23.8 Å². The smallest absolute Gasteiger partial charge is 0.312 e. The number of Topliss-reactive ketones (excluding diaryl/α,β-unsaturated/α-hetero) is 1. The van der Waals surface area contributed by atoms with Crippen LogP contribution in [0.3, 0.4) is 0 Å². The molecule has 0 N–H and O–H groups in total. The summed E-state index contributed by atoms with van der Waals surface area (Å²) in [5, 5.41) is 11.1. The van der Waals surface area contributed by atoms with E-state index in [1.807, 2.05) is 0 Å². The van der Waals surface area contributed by atoms with Gasteiger partial charge in [-0.05, 0) is 37.3 Å².